The summed E-state index contributed by atoms with van der Waals surface area (Å²) in [6, 6.07) is 16.6. The number of benzene rings is 3. The Morgan fingerprint density at radius 3 is 2.50 bits per heavy atom. The smallest absolute Gasteiger partial charge is 0.264 e. The van der Waals surface area contributed by atoms with Crippen LogP contribution in [0.1, 0.15) is 11.1 Å². The van der Waals surface area contributed by atoms with Gasteiger partial charge in [0.1, 0.15) is 12.4 Å². The van der Waals surface area contributed by atoms with Crippen LogP contribution in [0.3, 0.4) is 0 Å². The van der Waals surface area contributed by atoms with Crippen molar-refractivity contribution in [3.63, 3.8) is 0 Å². The highest BCUT2D eigenvalue weighted by Gasteiger charge is 2.24. The molecule has 0 aromatic heterocycles. The molecule has 1 amide bonds. The number of ether oxygens (including phenoxy) is 1. The summed E-state index contributed by atoms with van der Waals surface area (Å²) in [6.07, 6.45) is 1.72. The van der Waals surface area contributed by atoms with Gasteiger partial charge in [-0.2, -0.15) is 0 Å². The van der Waals surface area contributed by atoms with Crippen molar-refractivity contribution in [1.29, 1.82) is 0 Å². The molecule has 1 N–H and O–H groups in total. The normalized spacial score (nSPS) is 15.9. The standard InChI is InChI=1S/C23H14BrCl2FN2O2S/c24-18-9-14(10-19(26)21(18)31-12-13-1-3-15(25)4-2-13)11-20-22(30)29-23(32-20)28-17-7-5-16(27)6-8-17/h1-11H,12H2,(H,28,29,30)/b20-11+. The van der Waals surface area contributed by atoms with Crippen molar-refractivity contribution in [1.82, 2.24) is 5.32 Å². The molecule has 0 saturated carbocycles. The summed E-state index contributed by atoms with van der Waals surface area (Å²) in [7, 11) is 0. The highest BCUT2D eigenvalue weighted by atomic mass is 79.9. The molecule has 1 saturated heterocycles. The highest BCUT2D eigenvalue weighted by Crippen LogP contribution is 2.37. The van der Waals surface area contributed by atoms with E-state index in [1.165, 1.54) is 36.0 Å². The number of halogens is 4. The quantitative estimate of drug-likeness (QED) is 0.337. The van der Waals surface area contributed by atoms with Gasteiger partial charge >= 0.3 is 0 Å². The van der Waals surface area contributed by atoms with Gasteiger partial charge in [-0.1, -0.05) is 35.3 Å². The number of amidine groups is 1. The number of nitrogens with one attached hydrogen (secondary N) is 1. The molecule has 1 aliphatic rings. The fourth-order valence-corrected chi connectivity index (χ4v) is 4.76. The molecule has 4 nitrogen and oxygen atoms in total. The van der Waals surface area contributed by atoms with E-state index in [0.29, 0.717) is 42.6 Å². The molecule has 4 rings (SSSR count). The summed E-state index contributed by atoms with van der Waals surface area (Å²) >= 11 is 17.0. The van der Waals surface area contributed by atoms with Crippen LogP contribution in [0.4, 0.5) is 10.1 Å². The van der Waals surface area contributed by atoms with Crippen LogP contribution in [0.5, 0.6) is 5.75 Å². The Morgan fingerprint density at radius 2 is 1.81 bits per heavy atom. The fourth-order valence-electron chi connectivity index (χ4n) is 2.80. The maximum absolute atomic E-state index is 13.0. The molecule has 0 unspecified atom stereocenters. The van der Waals surface area contributed by atoms with Crippen molar-refractivity contribution in [3.05, 3.63) is 97.0 Å². The molecule has 32 heavy (non-hydrogen) atoms. The number of carbonyl (C=O) groups is 1. The Hall–Kier alpha value is -2.32. The molecule has 0 aliphatic carbocycles. The Morgan fingerprint density at radius 1 is 1.09 bits per heavy atom. The topological polar surface area (TPSA) is 50.7 Å². The maximum Gasteiger partial charge on any atom is 0.264 e. The molecule has 9 heteroatoms. The molecule has 0 atom stereocenters. The molecular formula is C23H14BrCl2FN2O2S. The third-order valence-electron chi connectivity index (χ3n) is 4.32. The van der Waals surface area contributed by atoms with Crippen LogP contribution in [0.25, 0.3) is 6.08 Å². The van der Waals surface area contributed by atoms with Crippen LogP contribution in [0.2, 0.25) is 10.0 Å². The average molecular weight is 552 g/mol. The van der Waals surface area contributed by atoms with Gasteiger partial charge in [0.15, 0.2) is 10.9 Å². The lowest BCUT2D eigenvalue weighted by atomic mass is 10.2. The maximum atomic E-state index is 13.0. The molecule has 1 aliphatic heterocycles. The summed E-state index contributed by atoms with van der Waals surface area (Å²) in [4.78, 5) is 17.1. The zero-order valence-corrected chi connectivity index (χ0v) is 20.2. The van der Waals surface area contributed by atoms with E-state index >= 15 is 0 Å². The van der Waals surface area contributed by atoms with Crippen molar-refractivity contribution in [3.8, 4) is 5.75 Å². The van der Waals surface area contributed by atoms with Gasteiger partial charge in [0.05, 0.1) is 20.1 Å². The second-order valence-electron chi connectivity index (χ2n) is 6.69. The first-order chi connectivity index (χ1) is 15.4. The number of carbonyl (C=O) groups excluding carboxylic acids is 1. The van der Waals surface area contributed by atoms with Crippen LogP contribution < -0.4 is 10.1 Å². The van der Waals surface area contributed by atoms with E-state index in [9.17, 15) is 9.18 Å². The van der Waals surface area contributed by atoms with E-state index in [-0.39, 0.29) is 11.7 Å². The van der Waals surface area contributed by atoms with Crippen LogP contribution >= 0.6 is 50.9 Å². The van der Waals surface area contributed by atoms with Crippen molar-refractivity contribution in [2.75, 3.05) is 0 Å². The molecule has 0 radical (unpaired) electrons. The Bertz CT molecular complexity index is 1210. The summed E-state index contributed by atoms with van der Waals surface area (Å²) in [5.41, 5.74) is 2.22. The van der Waals surface area contributed by atoms with E-state index in [2.05, 4.69) is 26.2 Å². The fraction of sp³-hybridized carbons (Fsp3) is 0.0435. The largest absolute Gasteiger partial charge is 0.486 e. The van der Waals surface area contributed by atoms with Gasteiger partial charge in [0.25, 0.3) is 5.91 Å². The lowest BCUT2D eigenvalue weighted by Gasteiger charge is -2.11. The van der Waals surface area contributed by atoms with E-state index in [0.717, 1.165) is 11.1 Å². The average Bonchev–Trinajstić information content (AvgIpc) is 3.09. The van der Waals surface area contributed by atoms with E-state index in [4.69, 9.17) is 27.9 Å². The van der Waals surface area contributed by atoms with Gasteiger partial charge < -0.3 is 10.1 Å². The zero-order chi connectivity index (χ0) is 22.7. The van der Waals surface area contributed by atoms with Crippen LogP contribution in [-0.4, -0.2) is 11.1 Å². The van der Waals surface area contributed by atoms with Gasteiger partial charge in [-0.05, 0) is 93.4 Å². The molecule has 3 aromatic rings. The predicted octanol–water partition coefficient (Wildman–Crippen LogP) is 7.37. The number of amides is 1. The van der Waals surface area contributed by atoms with Gasteiger partial charge in [-0.25, -0.2) is 9.38 Å². The Kier molecular flexibility index (Phi) is 7.20. The zero-order valence-electron chi connectivity index (χ0n) is 16.2. The van der Waals surface area contributed by atoms with Gasteiger partial charge in [0, 0.05) is 5.02 Å². The number of hydrogen-bond donors (Lipinski definition) is 1. The first kappa shape index (κ1) is 22.9. The molecule has 1 heterocycles. The SMILES string of the molecule is O=C1NC(=Nc2ccc(F)cc2)S/C1=C/c1cc(Cl)c(OCc2ccc(Cl)cc2)c(Br)c1. The van der Waals surface area contributed by atoms with E-state index in [1.54, 1.807) is 24.3 Å². The third-order valence-corrected chi connectivity index (χ3v) is 6.35. The first-order valence-corrected chi connectivity index (χ1v) is 11.7. The van der Waals surface area contributed by atoms with Gasteiger partial charge in [-0.15, -0.1) is 0 Å². The van der Waals surface area contributed by atoms with Crippen LogP contribution in [-0.2, 0) is 11.4 Å². The van der Waals surface area contributed by atoms with Crippen molar-refractivity contribution < 1.29 is 13.9 Å². The minimum atomic E-state index is -0.347. The molecule has 0 bridgehead atoms. The minimum absolute atomic E-state index is 0.272. The second kappa shape index (κ2) is 10.1. The van der Waals surface area contributed by atoms with Crippen molar-refractivity contribution in [2.45, 2.75) is 6.61 Å². The lowest BCUT2D eigenvalue weighted by molar-refractivity contribution is -0.115. The number of rotatable bonds is 5. The third kappa shape index (κ3) is 5.72. The number of nitrogens with zero attached hydrogens (tertiary/aromatic N) is 1. The lowest BCUT2D eigenvalue weighted by Crippen LogP contribution is -2.19. The molecular weight excluding hydrogens is 538 g/mol. The van der Waals surface area contributed by atoms with Crippen molar-refractivity contribution >= 4 is 73.7 Å². The predicted molar refractivity (Wildman–Crippen MR) is 132 cm³/mol. The second-order valence-corrected chi connectivity index (χ2v) is 9.42. The van der Waals surface area contributed by atoms with Crippen LogP contribution in [0.15, 0.2) is 75.0 Å². The monoisotopic (exact) mass is 550 g/mol. The van der Waals surface area contributed by atoms with E-state index in [1.807, 2.05) is 18.2 Å². The number of aliphatic imine (C=N–C) groups is 1. The van der Waals surface area contributed by atoms with Crippen LogP contribution in [0, 0.1) is 5.82 Å². The Balaban J connectivity index is 1.49. The number of thioether (sulfide) groups is 1. The van der Waals surface area contributed by atoms with Gasteiger partial charge in [-0.3, -0.25) is 4.79 Å². The summed E-state index contributed by atoms with van der Waals surface area (Å²) in [5.74, 6) is -0.113. The highest BCUT2D eigenvalue weighted by molar-refractivity contribution is 9.10. The minimum Gasteiger partial charge on any atom is -0.486 e. The summed E-state index contributed by atoms with van der Waals surface area (Å²) in [6.45, 7) is 0.331. The number of hydrogen-bond acceptors (Lipinski definition) is 4. The molecule has 162 valence electrons. The summed E-state index contributed by atoms with van der Waals surface area (Å²) < 4.78 is 19.6. The Labute approximate surface area is 206 Å². The molecule has 1 fully saturated rings. The van der Waals surface area contributed by atoms with Crippen molar-refractivity contribution in [2.24, 2.45) is 4.99 Å². The van der Waals surface area contributed by atoms with Gasteiger partial charge in [0.2, 0.25) is 0 Å². The first-order valence-electron chi connectivity index (χ1n) is 9.29. The summed E-state index contributed by atoms with van der Waals surface area (Å²) in [5, 5.41) is 4.18. The molecule has 3 aromatic carbocycles. The van der Waals surface area contributed by atoms with E-state index < -0.39 is 0 Å². The molecule has 0 spiro atoms.